The summed E-state index contributed by atoms with van der Waals surface area (Å²) in [5, 5.41) is 3.51. The number of carbonyl (C=O) groups is 1. The predicted molar refractivity (Wildman–Crippen MR) is 144 cm³/mol. The van der Waals surface area contributed by atoms with Crippen LogP contribution in [0.4, 0.5) is 0 Å². The van der Waals surface area contributed by atoms with Crippen molar-refractivity contribution in [2.45, 2.75) is 32.1 Å². The van der Waals surface area contributed by atoms with Crippen molar-refractivity contribution in [2.75, 3.05) is 13.7 Å². The lowest BCUT2D eigenvalue weighted by atomic mass is 10.0. The van der Waals surface area contributed by atoms with Gasteiger partial charge in [0, 0.05) is 13.1 Å². The minimum atomic E-state index is -0.323. The molecule has 184 valence electrons. The summed E-state index contributed by atoms with van der Waals surface area (Å²) in [5.74, 6) is -0.323. The summed E-state index contributed by atoms with van der Waals surface area (Å²) in [6, 6.07) is 37.1. The van der Waals surface area contributed by atoms with E-state index in [1.54, 1.807) is 12.1 Å². The second kappa shape index (κ2) is 13.4. The van der Waals surface area contributed by atoms with E-state index in [-0.39, 0.29) is 12.1 Å². The summed E-state index contributed by atoms with van der Waals surface area (Å²) < 4.78 is 11.2. The molecule has 0 aliphatic heterocycles. The molecule has 4 rings (SSSR count). The molecule has 1 unspecified atom stereocenters. The third-order valence-corrected chi connectivity index (χ3v) is 6.19. The molecule has 4 nitrogen and oxygen atoms in total. The van der Waals surface area contributed by atoms with Crippen molar-refractivity contribution in [3.8, 4) is 0 Å². The molecule has 4 aromatic rings. The van der Waals surface area contributed by atoms with E-state index in [1.807, 2.05) is 30.3 Å². The molecule has 0 amide bonds. The normalized spacial score (nSPS) is 11.7. The van der Waals surface area contributed by atoms with Crippen molar-refractivity contribution in [1.82, 2.24) is 5.32 Å². The maximum Gasteiger partial charge on any atom is 0.337 e. The van der Waals surface area contributed by atoms with Gasteiger partial charge in [0.1, 0.15) is 0 Å². The van der Waals surface area contributed by atoms with E-state index in [0.29, 0.717) is 25.3 Å². The lowest BCUT2D eigenvalue weighted by Crippen LogP contribution is -2.23. The van der Waals surface area contributed by atoms with Crippen LogP contribution in [0.25, 0.3) is 0 Å². The molecule has 0 fully saturated rings. The van der Waals surface area contributed by atoms with Crippen molar-refractivity contribution in [2.24, 2.45) is 0 Å². The highest BCUT2D eigenvalue weighted by Gasteiger charge is 2.12. The SMILES string of the molecule is COC(=O)c1ccc(CNCC(OCc2cccc(CCc3ccccc3)c2)c2ccccc2)cc1. The maximum atomic E-state index is 11.6. The number of carbonyl (C=O) groups excluding carboxylic acids is 1. The van der Waals surface area contributed by atoms with Gasteiger partial charge in [0.05, 0.1) is 25.4 Å². The molecule has 0 saturated heterocycles. The van der Waals surface area contributed by atoms with Crippen LogP contribution >= 0.6 is 0 Å². The zero-order chi connectivity index (χ0) is 25.0. The molecule has 0 radical (unpaired) electrons. The molecule has 0 bridgehead atoms. The van der Waals surface area contributed by atoms with Crippen LogP contribution < -0.4 is 5.32 Å². The number of esters is 1. The van der Waals surface area contributed by atoms with E-state index < -0.39 is 0 Å². The number of benzene rings is 4. The van der Waals surface area contributed by atoms with Gasteiger partial charge < -0.3 is 14.8 Å². The maximum absolute atomic E-state index is 11.6. The molecular weight excluding hydrogens is 446 g/mol. The molecule has 4 aromatic carbocycles. The second-order valence-electron chi connectivity index (χ2n) is 8.84. The van der Waals surface area contributed by atoms with Gasteiger partial charge in [-0.3, -0.25) is 0 Å². The molecule has 4 heteroatoms. The number of rotatable bonds is 12. The average molecular weight is 480 g/mol. The highest BCUT2D eigenvalue weighted by molar-refractivity contribution is 5.89. The number of hydrogen-bond donors (Lipinski definition) is 1. The summed E-state index contributed by atoms with van der Waals surface area (Å²) in [6.45, 7) is 1.91. The van der Waals surface area contributed by atoms with Crippen molar-refractivity contribution in [1.29, 1.82) is 0 Å². The van der Waals surface area contributed by atoms with Gasteiger partial charge in [-0.2, -0.15) is 0 Å². The van der Waals surface area contributed by atoms with Gasteiger partial charge in [-0.1, -0.05) is 97.1 Å². The Morgan fingerprint density at radius 2 is 1.36 bits per heavy atom. The van der Waals surface area contributed by atoms with E-state index in [4.69, 9.17) is 9.47 Å². The van der Waals surface area contributed by atoms with Gasteiger partial charge in [-0.25, -0.2) is 4.79 Å². The molecule has 0 spiro atoms. The molecule has 1 atom stereocenters. The number of aryl methyl sites for hydroxylation is 2. The Morgan fingerprint density at radius 3 is 2.08 bits per heavy atom. The first-order chi connectivity index (χ1) is 17.7. The lowest BCUT2D eigenvalue weighted by molar-refractivity contribution is 0.0395. The fourth-order valence-electron chi connectivity index (χ4n) is 4.17. The summed E-state index contributed by atoms with van der Waals surface area (Å²) >= 11 is 0. The standard InChI is InChI=1S/C32H33NO3/c1-35-32(34)30-19-17-27(18-20-30)22-33-23-31(29-13-6-3-7-14-29)36-24-28-12-8-11-26(21-28)16-15-25-9-4-2-5-10-25/h2-14,17-21,31,33H,15-16,22-24H2,1H3. The van der Waals surface area contributed by atoms with Gasteiger partial charge in [-0.15, -0.1) is 0 Å². The summed E-state index contributed by atoms with van der Waals surface area (Å²) in [5.41, 5.74) is 6.66. The molecule has 36 heavy (non-hydrogen) atoms. The van der Waals surface area contributed by atoms with Gasteiger partial charge in [0.15, 0.2) is 0 Å². The van der Waals surface area contributed by atoms with E-state index in [9.17, 15) is 4.79 Å². The van der Waals surface area contributed by atoms with Gasteiger partial charge in [-0.05, 0) is 52.8 Å². The first-order valence-corrected chi connectivity index (χ1v) is 12.4. The van der Waals surface area contributed by atoms with Crippen LogP contribution in [0.3, 0.4) is 0 Å². The second-order valence-corrected chi connectivity index (χ2v) is 8.84. The fourth-order valence-corrected chi connectivity index (χ4v) is 4.17. The Hall–Kier alpha value is -3.73. The smallest absolute Gasteiger partial charge is 0.337 e. The van der Waals surface area contributed by atoms with E-state index >= 15 is 0 Å². The molecule has 0 aliphatic carbocycles. The topological polar surface area (TPSA) is 47.6 Å². The van der Waals surface area contributed by atoms with Crippen molar-refractivity contribution >= 4 is 5.97 Å². The summed E-state index contributed by atoms with van der Waals surface area (Å²) in [6.07, 6.45) is 1.96. The highest BCUT2D eigenvalue weighted by Crippen LogP contribution is 2.20. The van der Waals surface area contributed by atoms with E-state index in [2.05, 4.69) is 72.0 Å². The third kappa shape index (κ3) is 7.64. The average Bonchev–Trinajstić information content (AvgIpc) is 2.95. The quantitative estimate of drug-likeness (QED) is 0.242. The van der Waals surface area contributed by atoms with Crippen LogP contribution in [0.2, 0.25) is 0 Å². The van der Waals surface area contributed by atoms with Crippen molar-refractivity contribution in [3.05, 3.63) is 143 Å². The first kappa shape index (κ1) is 25.4. The van der Waals surface area contributed by atoms with Crippen LogP contribution in [-0.2, 0) is 35.5 Å². The van der Waals surface area contributed by atoms with Gasteiger partial charge in [0.2, 0.25) is 0 Å². The van der Waals surface area contributed by atoms with E-state index in [1.165, 1.54) is 23.8 Å². The molecule has 0 heterocycles. The number of hydrogen-bond acceptors (Lipinski definition) is 4. The zero-order valence-electron chi connectivity index (χ0n) is 20.7. The Kier molecular flexibility index (Phi) is 9.43. The predicted octanol–water partition coefficient (Wildman–Crippen LogP) is 6.31. The molecule has 0 aromatic heterocycles. The number of ether oxygens (including phenoxy) is 2. The Balaban J connectivity index is 1.33. The Labute approximate surface area is 213 Å². The van der Waals surface area contributed by atoms with Gasteiger partial charge in [0.25, 0.3) is 0 Å². The molecule has 1 N–H and O–H groups in total. The highest BCUT2D eigenvalue weighted by atomic mass is 16.5. The van der Waals surface area contributed by atoms with Crippen molar-refractivity contribution in [3.63, 3.8) is 0 Å². The van der Waals surface area contributed by atoms with Crippen molar-refractivity contribution < 1.29 is 14.3 Å². The van der Waals surface area contributed by atoms with Crippen LogP contribution in [-0.4, -0.2) is 19.6 Å². The van der Waals surface area contributed by atoms with Crippen LogP contribution in [0.1, 0.15) is 44.3 Å². The molecule has 0 aliphatic rings. The monoisotopic (exact) mass is 479 g/mol. The number of nitrogens with one attached hydrogen (secondary N) is 1. The van der Waals surface area contributed by atoms with E-state index in [0.717, 1.165) is 24.0 Å². The minimum absolute atomic E-state index is 0.0754. The third-order valence-electron chi connectivity index (χ3n) is 6.19. The zero-order valence-corrected chi connectivity index (χ0v) is 20.7. The largest absolute Gasteiger partial charge is 0.465 e. The van der Waals surface area contributed by atoms with Gasteiger partial charge >= 0.3 is 5.97 Å². The fraction of sp³-hybridized carbons (Fsp3) is 0.219. The van der Waals surface area contributed by atoms with Crippen LogP contribution in [0.15, 0.2) is 109 Å². The van der Waals surface area contributed by atoms with Crippen LogP contribution in [0, 0.1) is 0 Å². The van der Waals surface area contributed by atoms with Crippen LogP contribution in [0.5, 0.6) is 0 Å². The Bertz CT molecular complexity index is 1210. The molecule has 0 saturated carbocycles. The Morgan fingerprint density at radius 1 is 0.722 bits per heavy atom. The summed E-state index contributed by atoms with van der Waals surface area (Å²) in [4.78, 5) is 11.6. The molecular formula is C32H33NO3. The minimum Gasteiger partial charge on any atom is -0.465 e. The summed E-state index contributed by atoms with van der Waals surface area (Å²) in [7, 11) is 1.39. The first-order valence-electron chi connectivity index (χ1n) is 12.4. The lowest BCUT2D eigenvalue weighted by Gasteiger charge is -2.20. The number of methoxy groups -OCH3 is 1.